The molecule has 0 unspecified atom stereocenters. The van der Waals surface area contributed by atoms with Crippen molar-refractivity contribution in [2.75, 3.05) is 12.3 Å². The first-order valence-corrected chi connectivity index (χ1v) is 6.44. The number of halogens is 1. The van der Waals surface area contributed by atoms with E-state index in [1.807, 2.05) is 32.0 Å². The Hall–Kier alpha value is -1.24. The molecule has 1 aromatic heterocycles. The molecule has 0 saturated heterocycles. The number of benzene rings is 1. The Morgan fingerprint density at radius 2 is 2.24 bits per heavy atom. The van der Waals surface area contributed by atoms with Crippen molar-refractivity contribution in [1.29, 1.82) is 0 Å². The summed E-state index contributed by atoms with van der Waals surface area (Å²) in [4.78, 5) is 0. The van der Waals surface area contributed by atoms with Crippen LogP contribution in [0, 0.1) is 10.5 Å². The van der Waals surface area contributed by atoms with Crippen molar-refractivity contribution in [2.24, 2.45) is 0 Å². The summed E-state index contributed by atoms with van der Waals surface area (Å²) in [6, 6.07) is 6.00. The second-order valence-corrected chi connectivity index (χ2v) is 4.79. The van der Waals surface area contributed by atoms with Crippen molar-refractivity contribution in [3.05, 3.63) is 27.3 Å². The first kappa shape index (κ1) is 12.2. The van der Waals surface area contributed by atoms with E-state index in [1.54, 1.807) is 0 Å². The van der Waals surface area contributed by atoms with Gasteiger partial charge in [-0.2, -0.15) is 5.10 Å². The molecule has 1 aromatic carbocycles. The van der Waals surface area contributed by atoms with Crippen molar-refractivity contribution in [3.8, 4) is 17.0 Å². The number of ether oxygens (including phenoxy) is 1. The number of nitrogens with two attached hydrogens (primary N) is 1. The summed E-state index contributed by atoms with van der Waals surface area (Å²) >= 11 is 2.20. The molecule has 0 bridgehead atoms. The molecule has 0 radical (unpaired) electrons. The van der Waals surface area contributed by atoms with Crippen LogP contribution in [0.15, 0.2) is 18.2 Å². The van der Waals surface area contributed by atoms with Gasteiger partial charge in [-0.05, 0) is 60.2 Å². The Morgan fingerprint density at radius 3 is 2.76 bits per heavy atom. The van der Waals surface area contributed by atoms with E-state index in [1.165, 1.54) is 0 Å². The molecule has 2 aromatic rings. The van der Waals surface area contributed by atoms with E-state index >= 15 is 0 Å². The molecule has 0 amide bonds. The molecule has 3 N–H and O–H groups in total. The van der Waals surface area contributed by atoms with Gasteiger partial charge in [0.2, 0.25) is 0 Å². The maximum atomic E-state index is 5.73. The average Bonchev–Trinajstić information content (AvgIpc) is 2.61. The summed E-state index contributed by atoms with van der Waals surface area (Å²) < 4.78 is 6.41. The van der Waals surface area contributed by atoms with Crippen LogP contribution < -0.4 is 10.5 Å². The summed E-state index contributed by atoms with van der Waals surface area (Å²) in [6.07, 6.45) is 0. The monoisotopic (exact) mass is 343 g/mol. The molecule has 4 nitrogen and oxygen atoms in total. The Morgan fingerprint density at radius 1 is 1.47 bits per heavy atom. The second-order valence-electron chi connectivity index (χ2n) is 3.71. The number of H-pyrrole nitrogens is 1. The Labute approximate surface area is 114 Å². The molecule has 0 aliphatic carbocycles. The molecule has 0 aliphatic heterocycles. The number of aromatic nitrogens is 2. The predicted octanol–water partition coefficient (Wildman–Crippen LogP) is 2.97. The highest BCUT2D eigenvalue weighted by molar-refractivity contribution is 14.1. The number of nitrogen functional groups attached to an aromatic ring is 1. The summed E-state index contributed by atoms with van der Waals surface area (Å²) in [5, 5.41) is 6.97. The van der Waals surface area contributed by atoms with Gasteiger partial charge in [-0.15, -0.1) is 0 Å². The minimum absolute atomic E-state index is 0.536. The van der Waals surface area contributed by atoms with Gasteiger partial charge >= 0.3 is 0 Å². The Kier molecular flexibility index (Phi) is 3.56. The third-order valence-corrected chi connectivity index (χ3v) is 3.60. The first-order valence-electron chi connectivity index (χ1n) is 5.36. The van der Waals surface area contributed by atoms with Crippen LogP contribution in [-0.4, -0.2) is 16.8 Å². The van der Waals surface area contributed by atoms with Gasteiger partial charge in [0.25, 0.3) is 0 Å². The van der Waals surface area contributed by atoms with Crippen LogP contribution in [0.4, 0.5) is 5.82 Å². The third-order valence-electron chi connectivity index (χ3n) is 2.51. The molecule has 17 heavy (non-hydrogen) atoms. The van der Waals surface area contributed by atoms with Crippen LogP contribution in [-0.2, 0) is 0 Å². The topological polar surface area (TPSA) is 63.9 Å². The van der Waals surface area contributed by atoms with Gasteiger partial charge in [0.1, 0.15) is 5.75 Å². The molecule has 5 heteroatoms. The smallest absolute Gasteiger partial charge is 0.159 e. The zero-order valence-electron chi connectivity index (χ0n) is 9.75. The maximum Gasteiger partial charge on any atom is 0.159 e. The standard InChI is InChI=1S/C12H14IN3O/c1-3-17-8-4-5-9(7(2)6-8)11-10(13)12(14)16-15-11/h4-6H,3H2,1-2H3,(H3,14,15,16). The van der Waals surface area contributed by atoms with Gasteiger partial charge < -0.3 is 10.5 Å². The Balaban J connectivity index is 2.43. The van der Waals surface area contributed by atoms with Crippen LogP contribution in [0.2, 0.25) is 0 Å². The van der Waals surface area contributed by atoms with Crippen molar-refractivity contribution in [3.63, 3.8) is 0 Å². The second kappa shape index (κ2) is 4.95. The van der Waals surface area contributed by atoms with Crippen LogP contribution in [0.3, 0.4) is 0 Å². The molecule has 1 heterocycles. The number of hydrogen-bond donors (Lipinski definition) is 2. The van der Waals surface area contributed by atoms with E-state index in [4.69, 9.17) is 10.5 Å². The fourth-order valence-corrected chi connectivity index (χ4v) is 2.23. The van der Waals surface area contributed by atoms with Gasteiger partial charge in [0.05, 0.1) is 15.9 Å². The zero-order valence-corrected chi connectivity index (χ0v) is 11.9. The molecular formula is C12H14IN3O. The summed E-state index contributed by atoms with van der Waals surface area (Å²) in [7, 11) is 0. The number of aromatic amines is 1. The number of rotatable bonds is 3. The lowest BCUT2D eigenvalue weighted by Crippen LogP contribution is -1.93. The maximum absolute atomic E-state index is 5.73. The minimum atomic E-state index is 0.536. The quantitative estimate of drug-likeness (QED) is 0.843. The van der Waals surface area contributed by atoms with Crippen LogP contribution >= 0.6 is 22.6 Å². The van der Waals surface area contributed by atoms with E-state index in [9.17, 15) is 0 Å². The summed E-state index contributed by atoms with van der Waals surface area (Å²) in [6.45, 7) is 4.69. The number of nitrogens with zero attached hydrogens (tertiary/aromatic N) is 1. The third kappa shape index (κ3) is 2.38. The normalized spacial score (nSPS) is 10.5. The molecular weight excluding hydrogens is 329 g/mol. The molecule has 90 valence electrons. The van der Waals surface area contributed by atoms with Crippen molar-refractivity contribution < 1.29 is 4.74 Å². The first-order chi connectivity index (χ1) is 8.13. The van der Waals surface area contributed by atoms with Crippen LogP contribution in [0.1, 0.15) is 12.5 Å². The number of aryl methyl sites for hydroxylation is 1. The van der Waals surface area contributed by atoms with Crippen molar-refractivity contribution in [1.82, 2.24) is 10.2 Å². The van der Waals surface area contributed by atoms with E-state index in [2.05, 4.69) is 32.8 Å². The van der Waals surface area contributed by atoms with Crippen LogP contribution in [0.5, 0.6) is 5.75 Å². The average molecular weight is 343 g/mol. The minimum Gasteiger partial charge on any atom is -0.494 e. The number of anilines is 1. The molecule has 0 atom stereocenters. The van der Waals surface area contributed by atoms with E-state index in [0.717, 1.165) is 26.1 Å². The highest BCUT2D eigenvalue weighted by Crippen LogP contribution is 2.30. The Bertz CT molecular complexity index is 537. The summed E-state index contributed by atoms with van der Waals surface area (Å²) in [5.74, 6) is 1.42. The highest BCUT2D eigenvalue weighted by atomic mass is 127. The van der Waals surface area contributed by atoms with Gasteiger partial charge in [-0.25, -0.2) is 0 Å². The lowest BCUT2D eigenvalue weighted by Gasteiger charge is -2.08. The fourth-order valence-electron chi connectivity index (χ4n) is 1.69. The number of nitrogens with one attached hydrogen (secondary N) is 1. The predicted molar refractivity (Wildman–Crippen MR) is 77.1 cm³/mol. The van der Waals surface area contributed by atoms with Gasteiger partial charge in [0.15, 0.2) is 5.82 Å². The lowest BCUT2D eigenvalue weighted by atomic mass is 10.1. The van der Waals surface area contributed by atoms with Gasteiger partial charge in [-0.3, -0.25) is 5.10 Å². The summed E-state index contributed by atoms with van der Waals surface area (Å²) in [5.41, 5.74) is 8.93. The van der Waals surface area contributed by atoms with E-state index < -0.39 is 0 Å². The largest absolute Gasteiger partial charge is 0.494 e. The van der Waals surface area contributed by atoms with E-state index in [0.29, 0.717) is 12.4 Å². The van der Waals surface area contributed by atoms with Gasteiger partial charge in [-0.1, -0.05) is 0 Å². The highest BCUT2D eigenvalue weighted by Gasteiger charge is 2.12. The van der Waals surface area contributed by atoms with Crippen molar-refractivity contribution >= 4 is 28.4 Å². The number of hydrogen-bond acceptors (Lipinski definition) is 3. The van der Waals surface area contributed by atoms with Gasteiger partial charge in [0, 0.05) is 5.56 Å². The SMILES string of the molecule is CCOc1ccc(-c2[nH]nc(N)c2I)c(C)c1. The fraction of sp³-hybridized carbons (Fsp3) is 0.250. The molecule has 2 rings (SSSR count). The molecule has 0 saturated carbocycles. The zero-order chi connectivity index (χ0) is 12.4. The molecule has 0 aliphatic rings. The van der Waals surface area contributed by atoms with E-state index in [-0.39, 0.29) is 0 Å². The lowest BCUT2D eigenvalue weighted by molar-refractivity contribution is 0.340. The molecule has 0 fully saturated rings. The molecule has 0 spiro atoms. The van der Waals surface area contributed by atoms with Crippen LogP contribution in [0.25, 0.3) is 11.3 Å². The van der Waals surface area contributed by atoms with Crippen molar-refractivity contribution in [2.45, 2.75) is 13.8 Å².